The Morgan fingerprint density at radius 1 is 0.982 bits per heavy atom. The van der Waals surface area contributed by atoms with E-state index in [1.54, 1.807) is 12.1 Å². The SMILES string of the molecule is C=C(Cc1ccc(Nc2ncc3ccc(-c4cnc5c(c4C)NCCO5)cc3n2)cc1)N1CCN(C2CN(c3ccc(N4CCC(=O)NC4=O)cc3F)C2)CC1. The van der Waals surface area contributed by atoms with Crippen molar-refractivity contribution in [2.24, 2.45) is 0 Å². The average Bonchev–Trinajstić information content (AvgIpc) is 3.19. The predicted molar refractivity (Wildman–Crippen MR) is 215 cm³/mol. The maximum Gasteiger partial charge on any atom is 0.328 e. The van der Waals surface area contributed by atoms with Crippen molar-refractivity contribution >= 4 is 51.5 Å². The number of ether oxygens (including phenoxy) is 1. The van der Waals surface area contributed by atoms with Crippen LogP contribution >= 0.6 is 0 Å². The van der Waals surface area contributed by atoms with Gasteiger partial charge in [-0.05, 0) is 60.0 Å². The van der Waals surface area contributed by atoms with Crippen LogP contribution in [0, 0.1) is 12.7 Å². The number of benzene rings is 3. The summed E-state index contributed by atoms with van der Waals surface area (Å²) in [6, 6.07) is 19.2. The number of aromatic nitrogens is 3. The number of rotatable bonds is 9. The molecular formula is C42H43FN10O3. The fraction of sp³-hybridized carbons (Fsp3) is 0.310. The van der Waals surface area contributed by atoms with Gasteiger partial charge in [0.25, 0.3) is 0 Å². The lowest BCUT2D eigenvalue weighted by Gasteiger charge is -2.49. The lowest BCUT2D eigenvalue weighted by Crippen LogP contribution is -2.63. The maximum atomic E-state index is 15.1. The molecule has 0 atom stereocenters. The Balaban J connectivity index is 0.756. The molecule has 3 amide bonds. The van der Waals surface area contributed by atoms with E-state index in [0.29, 0.717) is 35.9 Å². The van der Waals surface area contributed by atoms with Gasteiger partial charge in [-0.2, -0.15) is 0 Å². The van der Waals surface area contributed by atoms with Gasteiger partial charge in [-0.15, -0.1) is 0 Å². The molecule has 5 aromatic rings. The highest BCUT2D eigenvalue weighted by molar-refractivity contribution is 6.05. The van der Waals surface area contributed by atoms with Crippen molar-refractivity contribution in [2.75, 3.05) is 79.4 Å². The molecule has 0 saturated carbocycles. The molecule has 9 rings (SSSR count). The fourth-order valence-corrected chi connectivity index (χ4v) is 7.96. The number of carbonyl (C=O) groups excluding carboxylic acids is 2. The van der Waals surface area contributed by atoms with Gasteiger partial charge < -0.3 is 25.2 Å². The van der Waals surface area contributed by atoms with Crippen LogP contribution < -0.4 is 30.5 Å². The molecular weight excluding hydrogens is 712 g/mol. The minimum atomic E-state index is -0.516. The predicted octanol–water partition coefficient (Wildman–Crippen LogP) is 5.70. The lowest BCUT2D eigenvalue weighted by atomic mass is 10.00. The monoisotopic (exact) mass is 754 g/mol. The molecule has 13 nitrogen and oxygen atoms in total. The van der Waals surface area contributed by atoms with Gasteiger partial charge in [0.2, 0.25) is 17.7 Å². The van der Waals surface area contributed by atoms with Crippen LogP contribution in [0.2, 0.25) is 0 Å². The number of urea groups is 1. The van der Waals surface area contributed by atoms with E-state index in [4.69, 9.17) is 9.72 Å². The van der Waals surface area contributed by atoms with Crippen LogP contribution in [0.5, 0.6) is 5.88 Å². The first-order valence-corrected chi connectivity index (χ1v) is 19.1. The zero-order chi connectivity index (χ0) is 38.3. The van der Waals surface area contributed by atoms with Crippen LogP contribution in [-0.4, -0.2) is 102 Å². The topological polar surface area (TPSA) is 131 Å². The van der Waals surface area contributed by atoms with Crippen molar-refractivity contribution in [2.45, 2.75) is 25.8 Å². The van der Waals surface area contributed by atoms with Gasteiger partial charge in [0.1, 0.15) is 18.1 Å². The first-order chi connectivity index (χ1) is 27.3. The number of carbonyl (C=O) groups is 2. The van der Waals surface area contributed by atoms with Gasteiger partial charge in [-0.3, -0.25) is 19.9 Å². The second kappa shape index (κ2) is 14.8. The molecule has 0 unspecified atom stereocenters. The van der Waals surface area contributed by atoms with Crippen molar-refractivity contribution in [3.8, 4) is 17.0 Å². The maximum absolute atomic E-state index is 15.1. The minimum absolute atomic E-state index is 0.200. The molecule has 3 N–H and O–H groups in total. The summed E-state index contributed by atoms with van der Waals surface area (Å²) >= 11 is 0. The van der Waals surface area contributed by atoms with E-state index in [9.17, 15) is 9.59 Å². The quantitative estimate of drug-likeness (QED) is 0.172. The van der Waals surface area contributed by atoms with Crippen LogP contribution in [0.15, 0.2) is 85.3 Å². The average molecular weight is 755 g/mol. The summed E-state index contributed by atoms with van der Waals surface area (Å²) in [7, 11) is 0. The third-order valence-corrected chi connectivity index (χ3v) is 11.2. The Bertz CT molecular complexity index is 2340. The van der Waals surface area contributed by atoms with Gasteiger partial charge in [0.05, 0.1) is 11.2 Å². The highest BCUT2D eigenvalue weighted by Crippen LogP contribution is 2.36. The number of halogens is 1. The van der Waals surface area contributed by atoms with Crippen LogP contribution in [0.4, 0.5) is 37.9 Å². The Morgan fingerprint density at radius 2 is 1.80 bits per heavy atom. The lowest BCUT2D eigenvalue weighted by molar-refractivity contribution is -0.120. The number of fused-ring (bicyclic) bond motifs is 2. The number of imide groups is 1. The molecule has 0 aliphatic carbocycles. The van der Waals surface area contributed by atoms with Gasteiger partial charge >= 0.3 is 6.03 Å². The third-order valence-electron chi connectivity index (χ3n) is 11.2. The van der Waals surface area contributed by atoms with Crippen molar-refractivity contribution in [1.82, 2.24) is 30.1 Å². The first-order valence-electron chi connectivity index (χ1n) is 19.1. The molecule has 0 spiro atoms. The van der Waals surface area contributed by atoms with Crippen LogP contribution in [0.25, 0.3) is 22.0 Å². The molecule has 3 saturated heterocycles. The molecule has 3 aromatic carbocycles. The number of hydrogen-bond acceptors (Lipinski definition) is 11. The summed E-state index contributed by atoms with van der Waals surface area (Å²) in [5.41, 5.74) is 9.11. The van der Waals surface area contributed by atoms with E-state index in [-0.39, 0.29) is 24.7 Å². The summed E-state index contributed by atoms with van der Waals surface area (Å²) < 4.78 is 20.8. The normalized spacial score (nSPS) is 17.5. The number of nitrogens with one attached hydrogen (secondary N) is 3. The van der Waals surface area contributed by atoms with E-state index < -0.39 is 6.03 Å². The highest BCUT2D eigenvalue weighted by Gasteiger charge is 2.35. The second-order valence-electron chi connectivity index (χ2n) is 14.8. The molecule has 4 aliphatic heterocycles. The van der Waals surface area contributed by atoms with Gasteiger partial charge in [-0.1, -0.05) is 30.8 Å². The zero-order valence-corrected chi connectivity index (χ0v) is 31.2. The number of anilines is 5. The number of allylic oxidation sites excluding steroid dienone is 1. The van der Waals surface area contributed by atoms with Crippen LogP contribution in [0.1, 0.15) is 17.5 Å². The number of nitrogens with zero attached hydrogens (tertiary/aromatic N) is 7. The number of piperazine rings is 1. The van der Waals surface area contributed by atoms with E-state index in [1.807, 2.05) is 35.5 Å². The smallest absolute Gasteiger partial charge is 0.328 e. The summed E-state index contributed by atoms with van der Waals surface area (Å²) in [5.74, 6) is 0.498. The van der Waals surface area contributed by atoms with Gasteiger partial charge in [0, 0.05) is 112 Å². The van der Waals surface area contributed by atoms with E-state index in [0.717, 1.165) is 96.9 Å². The third kappa shape index (κ3) is 7.03. The van der Waals surface area contributed by atoms with Crippen molar-refractivity contribution < 1.29 is 18.7 Å². The molecule has 0 radical (unpaired) electrons. The first kappa shape index (κ1) is 35.4. The van der Waals surface area contributed by atoms with E-state index >= 15 is 4.39 Å². The molecule has 0 bridgehead atoms. The van der Waals surface area contributed by atoms with E-state index in [1.165, 1.54) is 16.5 Å². The fourth-order valence-electron chi connectivity index (χ4n) is 7.96. The molecule has 56 heavy (non-hydrogen) atoms. The van der Waals surface area contributed by atoms with Crippen molar-refractivity contribution in [1.29, 1.82) is 0 Å². The van der Waals surface area contributed by atoms with Gasteiger partial charge in [-0.25, -0.2) is 24.1 Å². The zero-order valence-electron chi connectivity index (χ0n) is 31.2. The second-order valence-corrected chi connectivity index (χ2v) is 14.8. The molecule has 2 aromatic heterocycles. The van der Waals surface area contributed by atoms with Crippen LogP contribution in [0.3, 0.4) is 0 Å². The van der Waals surface area contributed by atoms with Gasteiger partial charge in [0.15, 0.2) is 0 Å². The number of pyridine rings is 1. The molecule has 14 heteroatoms. The van der Waals surface area contributed by atoms with Crippen molar-refractivity contribution in [3.05, 3.63) is 102 Å². The Hall–Kier alpha value is -6.28. The Labute approximate surface area is 324 Å². The molecule has 286 valence electrons. The summed E-state index contributed by atoms with van der Waals surface area (Å²) in [6.45, 7) is 13.3. The van der Waals surface area contributed by atoms with Crippen LogP contribution in [-0.2, 0) is 11.2 Å². The summed E-state index contributed by atoms with van der Waals surface area (Å²) in [5, 5.41) is 10.0. The molecule has 6 heterocycles. The molecule has 4 aliphatic rings. The van der Waals surface area contributed by atoms with E-state index in [2.05, 4.69) is 73.5 Å². The minimum Gasteiger partial charge on any atom is -0.474 e. The van der Waals surface area contributed by atoms with Crippen molar-refractivity contribution in [3.63, 3.8) is 0 Å². The standard InChI is InChI=1S/C42H43FN10O3/c1-26(50-14-16-51(17-15-50)33-24-52(25-33)37-10-9-32(21-35(37)43)53-13-11-38(54)49-42(53)55)19-28-3-7-31(8-4-28)47-41-46-22-30-6-5-29(20-36(30)48-41)34-23-45-40-39(27(34)2)44-12-18-56-40/h3-10,20-23,33,44H,1,11-19,24-25H2,2H3,(H,46,47,48)(H,49,54,55). The number of hydrogen-bond donors (Lipinski definition) is 3. The highest BCUT2D eigenvalue weighted by atomic mass is 19.1. The molecule has 3 fully saturated rings. The summed E-state index contributed by atoms with van der Waals surface area (Å²) in [6.07, 6.45) is 4.66. The number of amides is 3. The summed E-state index contributed by atoms with van der Waals surface area (Å²) in [4.78, 5) is 45.9. The Kier molecular flexibility index (Phi) is 9.33. The Morgan fingerprint density at radius 3 is 2.59 bits per heavy atom. The largest absolute Gasteiger partial charge is 0.474 e.